The van der Waals surface area contributed by atoms with Crippen LogP contribution in [0, 0.1) is 5.41 Å². The number of hydrogen-bond acceptors (Lipinski definition) is 2. The lowest BCUT2D eigenvalue weighted by Gasteiger charge is -2.06. The Morgan fingerprint density at radius 1 is 1.10 bits per heavy atom. The van der Waals surface area contributed by atoms with Crippen molar-refractivity contribution >= 4 is 17.1 Å². The molecular weight excluding hydrogens is 244 g/mol. The van der Waals surface area contributed by atoms with Crippen molar-refractivity contribution in [2.24, 2.45) is 10.4 Å². The van der Waals surface area contributed by atoms with Gasteiger partial charge in [-0.2, -0.15) is 0 Å². The predicted molar refractivity (Wildman–Crippen MR) is 86.9 cm³/mol. The first-order valence-electron chi connectivity index (χ1n) is 6.72. The molecule has 0 spiro atoms. The largest absolute Gasteiger partial charge is 0.260 e. The number of hydrogen-bond donors (Lipinski definition) is 0. The Kier molecular flexibility index (Phi) is 4.14. The van der Waals surface area contributed by atoms with E-state index < -0.39 is 0 Å². The van der Waals surface area contributed by atoms with Crippen LogP contribution < -0.4 is 0 Å². The van der Waals surface area contributed by atoms with Crippen molar-refractivity contribution in [1.82, 2.24) is 4.98 Å². The van der Waals surface area contributed by atoms with Crippen molar-refractivity contribution in [3.8, 4) is 0 Å². The SMILES string of the molecule is C=C(C)C1=CC(C)(C)C=N1.c1ccc2ncccc2c1. The molecule has 3 rings (SSSR count). The quantitative estimate of drug-likeness (QED) is 0.726. The molecule has 0 aliphatic carbocycles. The van der Waals surface area contributed by atoms with Crippen LogP contribution in [-0.2, 0) is 0 Å². The normalized spacial score (nSPS) is 15.4. The van der Waals surface area contributed by atoms with Gasteiger partial charge in [-0.1, -0.05) is 44.7 Å². The van der Waals surface area contributed by atoms with Crippen LogP contribution in [0.4, 0.5) is 0 Å². The first-order valence-corrected chi connectivity index (χ1v) is 6.72. The highest BCUT2D eigenvalue weighted by Crippen LogP contribution is 2.26. The molecule has 0 N–H and O–H groups in total. The van der Waals surface area contributed by atoms with Gasteiger partial charge in [0.25, 0.3) is 0 Å². The maximum atomic E-state index is 4.22. The Morgan fingerprint density at radius 2 is 1.80 bits per heavy atom. The fourth-order valence-corrected chi connectivity index (χ4v) is 1.91. The summed E-state index contributed by atoms with van der Waals surface area (Å²) in [5.74, 6) is 0. The third kappa shape index (κ3) is 3.64. The van der Waals surface area contributed by atoms with Crippen LogP contribution in [0.25, 0.3) is 10.9 Å². The van der Waals surface area contributed by atoms with Crippen molar-refractivity contribution in [2.45, 2.75) is 20.8 Å². The number of benzene rings is 1. The van der Waals surface area contributed by atoms with Crippen molar-refractivity contribution < 1.29 is 0 Å². The Balaban J connectivity index is 0.000000147. The van der Waals surface area contributed by atoms with Crippen molar-refractivity contribution in [3.05, 3.63) is 66.5 Å². The summed E-state index contributed by atoms with van der Waals surface area (Å²) >= 11 is 0. The van der Waals surface area contributed by atoms with E-state index in [1.807, 2.05) is 43.6 Å². The highest BCUT2D eigenvalue weighted by molar-refractivity contribution is 5.77. The minimum absolute atomic E-state index is 0.133. The minimum Gasteiger partial charge on any atom is -0.260 e. The van der Waals surface area contributed by atoms with Crippen molar-refractivity contribution in [1.29, 1.82) is 0 Å². The summed E-state index contributed by atoms with van der Waals surface area (Å²) in [5.41, 5.74) is 3.27. The molecule has 2 heterocycles. The van der Waals surface area contributed by atoms with E-state index in [0.29, 0.717) is 0 Å². The van der Waals surface area contributed by atoms with Crippen molar-refractivity contribution in [3.63, 3.8) is 0 Å². The van der Waals surface area contributed by atoms with Gasteiger partial charge >= 0.3 is 0 Å². The molecule has 102 valence electrons. The van der Waals surface area contributed by atoms with Crippen LogP contribution in [0.3, 0.4) is 0 Å². The average Bonchev–Trinajstić information content (AvgIpc) is 2.80. The molecule has 2 aromatic rings. The Bertz CT molecular complexity index is 613. The first-order chi connectivity index (χ1) is 9.48. The van der Waals surface area contributed by atoms with E-state index in [2.05, 4.69) is 48.6 Å². The highest BCUT2D eigenvalue weighted by Gasteiger charge is 2.17. The summed E-state index contributed by atoms with van der Waals surface area (Å²) in [6.45, 7) is 10.1. The Morgan fingerprint density at radius 3 is 2.35 bits per heavy atom. The molecule has 0 fully saturated rings. The molecule has 1 aromatic heterocycles. The van der Waals surface area contributed by atoms with E-state index in [9.17, 15) is 0 Å². The third-order valence-electron chi connectivity index (χ3n) is 2.99. The number of aromatic nitrogens is 1. The summed E-state index contributed by atoms with van der Waals surface area (Å²) in [4.78, 5) is 8.41. The molecule has 0 saturated carbocycles. The zero-order valence-corrected chi connectivity index (χ0v) is 12.3. The molecule has 0 bridgehead atoms. The lowest BCUT2D eigenvalue weighted by atomic mass is 9.96. The molecule has 2 nitrogen and oxygen atoms in total. The van der Waals surface area contributed by atoms with Gasteiger partial charge in [-0.05, 0) is 30.7 Å². The Hall–Kier alpha value is -2.22. The number of nitrogens with zero attached hydrogens (tertiary/aromatic N) is 2. The van der Waals surface area contributed by atoms with Crippen LogP contribution in [0.5, 0.6) is 0 Å². The zero-order valence-electron chi connectivity index (χ0n) is 12.3. The predicted octanol–water partition coefficient (Wildman–Crippen LogP) is 4.79. The maximum absolute atomic E-state index is 4.22. The van der Waals surface area contributed by atoms with Gasteiger partial charge in [0.2, 0.25) is 0 Å². The van der Waals surface area contributed by atoms with Crippen LogP contribution in [0.1, 0.15) is 20.8 Å². The number of aliphatic imine (C=N–C) groups is 1. The van der Waals surface area contributed by atoms with Crippen LogP contribution >= 0.6 is 0 Å². The topological polar surface area (TPSA) is 25.2 Å². The van der Waals surface area contributed by atoms with E-state index in [0.717, 1.165) is 16.8 Å². The number of para-hydroxylation sites is 1. The Labute approximate surface area is 120 Å². The second-order valence-electron chi connectivity index (χ2n) is 5.59. The van der Waals surface area contributed by atoms with Gasteiger partial charge in [-0.25, -0.2) is 0 Å². The van der Waals surface area contributed by atoms with Gasteiger partial charge in [0.05, 0.1) is 11.2 Å². The average molecular weight is 264 g/mol. The molecule has 0 atom stereocenters. The lowest BCUT2D eigenvalue weighted by molar-refractivity contribution is 0.704. The van der Waals surface area contributed by atoms with E-state index >= 15 is 0 Å². The summed E-state index contributed by atoms with van der Waals surface area (Å²) in [6, 6.07) is 12.1. The van der Waals surface area contributed by atoms with Gasteiger partial charge in [-0.3, -0.25) is 9.98 Å². The molecule has 0 unspecified atom stereocenters. The fourth-order valence-electron chi connectivity index (χ4n) is 1.91. The summed E-state index contributed by atoms with van der Waals surface area (Å²) in [6.07, 6.45) is 5.90. The summed E-state index contributed by atoms with van der Waals surface area (Å²) < 4.78 is 0. The molecule has 1 aliphatic rings. The van der Waals surface area contributed by atoms with Gasteiger partial charge in [0.1, 0.15) is 0 Å². The highest BCUT2D eigenvalue weighted by atomic mass is 14.8. The number of rotatable bonds is 1. The van der Waals surface area contributed by atoms with Gasteiger partial charge in [0.15, 0.2) is 0 Å². The van der Waals surface area contributed by atoms with Crippen molar-refractivity contribution in [2.75, 3.05) is 0 Å². The lowest BCUT2D eigenvalue weighted by Crippen LogP contribution is -2.04. The van der Waals surface area contributed by atoms with Crippen LogP contribution in [-0.4, -0.2) is 11.2 Å². The molecule has 0 amide bonds. The van der Waals surface area contributed by atoms with E-state index in [-0.39, 0.29) is 5.41 Å². The second-order valence-corrected chi connectivity index (χ2v) is 5.59. The summed E-state index contributed by atoms with van der Waals surface area (Å²) in [5, 5.41) is 1.20. The monoisotopic (exact) mass is 264 g/mol. The van der Waals surface area contributed by atoms with E-state index in [1.54, 1.807) is 0 Å². The second kappa shape index (κ2) is 5.83. The standard InChI is InChI=1S/C9H7N.C9H13N/c1-2-6-9-8(4-1)5-3-7-10-9;1-7(2)8-5-9(3,4)6-10-8/h1-7H;5-6H,1H2,2-4H3. The molecule has 20 heavy (non-hydrogen) atoms. The molecule has 1 aliphatic heterocycles. The molecule has 1 aromatic carbocycles. The maximum Gasteiger partial charge on any atom is 0.0701 e. The number of pyridine rings is 1. The summed E-state index contributed by atoms with van der Waals surface area (Å²) in [7, 11) is 0. The van der Waals surface area contributed by atoms with Gasteiger partial charge in [-0.15, -0.1) is 0 Å². The zero-order chi connectivity index (χ0) is 14.6. The van der Waals surface area contributed by atoms with E-state index in [1.165, 1.54) is 5.39 Å². The van der Waals surface area contributed by atoms with Crippen LogP contribution in [0.2, 0.25) is 0 Å². The fraction of sp³-hybridized carbons (Fsp3) is 0.222. The van der Waals surface area contributed by atoms with Gasteiger partial charge < -0.3 is 0 Å². The molecule has 2 heteroatoms. The number of fused-ring (bicyclic) bond motifs is 1. The smallest absolute Gasteiger partial charge is 0.0701 e. The molecular formula is C18H20N2. The van der Waals surface area contributed by atoms with Gasteiger partial charge in [0, 0.05) is 23.2 Å². The first kappa shape index (κ1) is 14.2. The number of allylic oxidation sites excluding steroid dienone is 2. The minimum atomic E-state index is 0.133. The molecule has 0 saturated heterocycles. The van der Waals surface area contributed by atoms with Crippen LogP contribution in [0.15, 0.2) is 71.5 Å². The van der Waals surface area contributed by atoms with E-state index in [4.69, 9.17) is 0 Å². The molecule has 0 radical (unpaired) electrons. The third-order valence-corrected chi connectivity index (χ3v) is 2.99.